The first-order valence-corrected chi connectivity index (χ1v) is 5.28. The highest BCUT2D eigenvalue weighted by Crippen LogP contribution is 1.97. The van der Waals surface area contributed by atoms with E-state index in [4.69, 9.17) is 28.0 Å². The van der Waals surface area contributed by atoms with Crippen LogP contribution in [0, 0.1) is 5.41 Å². The summed E-state index contributed by atoms with van der Waals surface area (Å²) in [6.07, 6.45) is 0.703. The highest BCUT2D eigenvalue weighted by molar-refractivity contribution is 6.14. The monoisotopic (exact) mass is 265 g/mol. The minimum Gasteiger partial charge on any atom is -0.480 e. The van der Waals surface area contributed by atoms with Gasteiger partial charge in [0.15, 0.2) is 5.96 Å². The molecular formula is C8H16ClN5O3. The van der Waals surface area contributed by atoms with E-state index < -0.39 is 17.9 Å². The van der Waals surface area contributed by atoms with Crippen molar-refractivity contribution in [2.45, 2.75) is 18.9 Å². The van der Waals surface area contributed by atoms with Crippen molar-refractivity contribution in [2.75, 3.05) is 13.1 Å². The average Bonchev–Trinajstić information content (AvgIpc) is 2.22. The Hall–Kier alpha value is -1.54. The number of rotatable bonds is 8. The van der Waals surface area contributed by atoms with E-state index in [0.717, 1.165) is 0 Å². The predicted octanol–water partition coefficient (Wildman–Crippen LogP) is -1.44. The van der Waals surface area contributed by atoms with Crippen LogP contribution in [-0.2, 0) is 9.59 Å². The largest absolute Gasteiger partial charge is 0.480 e. The first-order chi connectivity index (χ1) is 7.97. The van der Waals surface area contributed by atoms with Gasteiger partial charge < -0.3 is 21.5 Å². The highest BCUT2D eigenvalue weighted by atomic mass is 35.5. The number of nitrogens with two attached hydrogens (primary N) is 1. The second-order valence-corrected chi connectivity index (χ2v) is 3.52. The van der Waals surface area contributed by atoms with Crippen molar-refractivity contribution in [3.8, 4) is 0 Å². The number of carbonyl (C=O) groups excluding carboxylic acids is 1. The maximum Gasteiger partial charge on any atom is 0.326 e. The number of carbonyl (C=O) groups is 2. The van der Waals surface area contributed by atoms with Crippen LogP contribution in [0.5, 0.6) is 0 Å². The topological polar surface area (TPSA) is 140 Å². The SMILES string of the molecule is N=C(N)NCCC[C@H](NC(=O)CNCl)C(=O)O. The van der Waals surface area contributed by atoms with Crippen LogP contribution in [0.4, 0.5) is 0 Å². The summed E-state index contributed by atoms with van der Waals surface area (Å²) < 4.78 is 0. The molecule has 0 rings (SSSR count). The van der Waals surface area contributed by atoms with Gasteiger partial charge in [0.25, 0.3) is 0 Å². The fourth-order valence-electron chi connectivity index (χ4n) is 1.09. The van der Waals surface area contributed by atoms with Gasteiger partial charge in [-0.25, -0.2) is 9.63 Å². The number of halogens is 1. The molecule has 0 aromatic rings. The Morgan fingerprint density at radius 2 is 2.12 bits per heavy atom. The lowest BCUT2D eigenvalue weighted by Gasteiger charge is -2.14. The molecule has 0 radical (unpaired) electrons. The van der Waals surface area contributed by atoms with Crippen molar-refractivity contribution in [1.29, 1.82) is 5.41 Å². The van der Waals surface area contributed by atoms with Crippen LogP contribution in [-0.4, -0.2) is 42.1 Å². The van der Waals surface area contributed by atoms with E-state index >= 15 is 0 Å². The number of hydrogen-bond donors (Lipinski definition) is 6. The molecular weight excluding hydrogens is 250 g/mol. The number of guanidine groups is 1. The second-order valence-electron chi connectivity index (χ2n) is 3.25. The average molecular weight is 266 g/mol. The minimum atomic E-state index is -1.12. The van der Waals surface area contributed by atoms with Crippen molar-refractivity contribution in [3.63, 3.8) is 0 Å². The number of carboxylic acids is 1. The van der Waals surface area contributed by atoms with Crippen molar-refractivity contribution in [2.24, 2.45) is 5.73 Å². The third-order valence-corrected chi connectivity index (χ3v) is 1.98. The van der Waals surface area contributed by atoms with Gasteiger partial charge in [0.1, 0.15) is 6.04 Å². The van der Waals surface area contributed by atoms with Crippen LogP contribution < -0.4 is 21.2 Å². The fraction of sp³-hybridized carbons (Fsp3) is 0.625. The minimum absolute atomic E-state index is 0.156. The molecule has 0 heterocycles. The zero-order valence-corrected chi connectivity index (χ0v) is 9.88. The summed E-state index contributed by atoms with van der Waals surface area (Å²) in [4.78, 5) is 24.0. The third kappa shape index (κ3) is 8.29. The third-order valence-electron chi connectivity index (χ3n) is 1.85. The van der Waals surface area contributed by atoms with Gasteiger partial charge in [-0.1, -0.05) is 0 Å². The van der Waals surface area contributed by atoms with E-state index in [0.29, 0.717) is 13.0 Å². The summed E-state index contributed by atoms with van der Waals surface area (Å²) in [5, 5.41) is 20.6. The van der Waals surface area contributed by atoms with Gasteiger partial charge in [0, 0.05) is 6.54 Å². The molecule has 0 unspecified atom stereocenters. The number of nitrogens with one attached hydrogen (secondary N) is 4. The summed E-state index contributed by atoms with van der Waals surface area (Å²) in [6.45, 7) is 0.222. The summed E-state index contributed by atoms with van der Waals surface area (Å²) in [5.74, 6) is -1.78. The Kier molecular flexibility index (Phi) is 7.82. The van der Waals surface area contributed by atoms with E-state index in [-0.39, 0.29) is 18.9 Å². The number of hydrogen-bond acceptors (Lipinski definition) is 4. The summed E-state index contributed by atoms with van der Waals surface area (Å²) in [5.41, 5.74) is 5.05. The van der Waals surface area contributed by atoms with Crippen LogP contribution in [0.3, 0.4) is 0 Å². The molecule has 8 nitrogen and oxygen atoms in total. The first kappa shape index (κ1) is 15.5. The normalized spacial score (nSPS) is 11.6. The van der Waals surface area contributed by atoms with Crippen LogP contribution in [0.1, 0.15) is 12.8 Å². The molecule has 17 heavy (non-hydrogen) atoms. The lowest BCUT2D eigenvalue weighted by molar-refractivity contribution is -0.141. The van der Waals surface area contributed by atoms with E-state index in [1.165, 1.54) is 0 Å². The molecule has 0 fully saturated rings. The Bertz CT molecular complexity index is 286. The molecule has 0 spiro atoms. The van der Waals surface area contributed by atoms with Crippen molar-refractivity contribution >= 4 is 29.6 Å². The quantitative estimate of drug-likeness (QED) is 0.137. The van der Waals surface area contributed by atoms with E-state index in [1.807, 2.05) is 0 Å². The Balaban J connectivity index is 3.95. The lowest BCUT2D eigenvalue weighted by atomic mass is 10.1. The highest BCUT2D eigenvalue weighted by Gasteiger charge is 2.18. The molecule has 7 N–H and O–H groups in total. The second kappa shape index (κ2) is 8.59. The summed E-state index contributed by atoms with van der Waals surface area (Å²) >= 11 is 5.12. The van der Waals surface area contributed by atoms with Crippen molar-refractivity contribution in [1.82, 2.24) is 15.5 Å². The molecule has 0 saturated carbocycles. The van der Waals surface area contributed by atoms with E-state index in [9.17, 15) is 9.59 Å². The number of aliphatic carboxylic acids is 1. The van der Waals surface area contributed by atoms with Gasteiger partial charge >= 0.3 is 5.97 Å². The van der Waals surface area contributed by atoms with Gasteiger partial charge in [-0.15, -0.1) is 0 Å². The van der Waals surface area contributed by atoms with E-state index in [2.05, 4.69) is 15.5 Å². The van der Waals surface area contributed by atoms with Gasteiger partial charge in [0.2, 0.25) is 5.91 Å². The van der Waals surface area contributed by atoms with Crippen LogP contribution in [0.25, 0.3) is 0 Å². The standard InChI is InChI=1S/C8H16ClN5O3/c9-13-4-6(15)14-5(7(16)17)2-1-3-12-8(10)11/h5,13H,1-4H2,(H,14,15)(H,16,17)(H4,10,11,12)/t5-/m0/s1. The summed E-state index contributed by atoms with van der Waals surface area (Å²) in [6, 6.07) is -0.971. The molecule has 0 aliphatic heterocycles. The van der Waals surface area contributed by atoms with Crippen molar-refractivity contribution in [3.05, 3.63) is 0 Å². The number of carboxylic acid groups (broad SMARTS) is 1. The van der Waals surface area contributed by atoms with Crippen molar-refractivity contribution < 1.29 is 14.7 Å². The lowest BCUT2D eigenvalue weighted by Crippen LogP contribution is -2.44. The molecule has 0 aliphatic carbocycles. The van der Waals surface area contributed by atoms with Gasteiger partial charge in [-0.3, -0.25) is 10.2 Å². The van der Waals surface area contributed by atoms with Crippen LogP contribution >= 0.6 is 11.8 Å². The molecule has 1 atom stereocenters. The predicted molar refractivity (Wildman–Crippen MR) is 62.6 cm³/mol. The van der Waals surface area contributed by atoms with Crippen LogP contribution in [0.2, 0.25) is 0 Å². The Morgan fingerprint density at radius 1 is 1.47 bits per heavy atom. The molecule has 1 amide bonds. The van der Waals surface area contributed by atoms with Gasteiger partial charge in [0.05, 0.1) is 6.54 Å². The summed E-state index contributed by atoms with van der Waals surface area (Å²) in [7, 11) is 0. The molecule has 98 valence electrons. The van der Waals surface area contributed by atoms with E-state index in [1.54, 1.807) is 0 Å². The Morgan fingerprint density at radius 3 is 2.59 bits per heavy atom. The maximum atomic E-state index is 11.1. The molecule has 0 saturated heterocycles. The first-order valence-electron chi connectivity index (χ1n) is 4.91. The Labute approximate surface area is 104 Å². The molecule has 0 aliphatic rings. The fourth-order valence-corrected chi connectivity index (χ4v) is 1.21. The van der Waals surface area contributed by atoms with Crippen LogP contribution in [0.15, 0.2) is 0 Å². The molecule has 9 heteroatoms. The maximum absolute atomic E-state index is 11.1. The zero-order valence-electron chi connectivity index (χ0n) is 9.12. The molecule has 0 aromatic carbocycles. The number of amides is 1. The smallest absolute Gasteiger partial charge is 0.326 e. The molecule has 0 aromatic heterocycles. The van der Waals surface area contributed by atoms with Gasteiger partial charge in [-0.2, -0.15) is 0 Å². The zero-order chi connectivity index (χ0) is 13.3. The van der Waals surface area contributed by atoms with Gasteiger partial charge in [-0.05, 0) is 24.6 Å². The molecule has 0 bridgehead atoms.